The summed E-state index contributed by atoms with van der Waals surface area (Å²) < 4.78 is 0. The van der Waals surface area contributed by atoms with E-state index in [1.165, 1.54) is 16.7 Å². The largest absolute Gasteiger partial charge is 0.396 e. The number of aliphatic hydroxyl groups excluding tert-OH is 1. The summed E-state index contributed by atoms with van der Waals surface area (Å²) in [5.74, 6) is -0.0439. The van der Waals surface area contributed by atoms with Gasteiger partial charge in [-0.25, -0.2) is 0 Å². The Hall–Kier alpha value is -1.59. The third-order valence-electron chi connectivity index (χ3n) is 3.26. The van der Waals surface area contributed by atoms with Crippen molar-refractivity contribution < 1.29 is 14.7 Å². The van der Waals surface area contributed by atoms with Crippen LogP contribution < -0.4 is 0 Å². The van der Waals surface area contributed by atoms with Gasteiger partial charge < -0.3 is 5.11 Å². The predicted octanol–water partition coefficient (Wildman–Crippen LogP) is 2.29. The van der Waals surface area contributed by atoms with Gasteiger partial charge in [-0.3, -0.25) is 14.5 Å². The number of carbonyl (C=O) groups is 2. The van der Waals surface area contributed by atoms with E-state index in [-0.39, 0.29) is 18.4 Å². The standard InChI is InChI=1S/C16H19NO3S/c1-2-3-9-17-15(19)13(12-7-5-4-6-8-12)14(16(17)20)21-11-10-18/h4-8,18H,2-3,9-11H2,1H3. The van der Waals surface area contributed by atoms with Gasteiger partial charge in [0.15, 0.2) is 0 Å². The molecule has 0 unspecified atom stereocenters. The molecule has 1 aromatic carbocycles. The van der Waals surface area contributed by atoms with Gasteiger partial charge in [0.25, 0.3) is 11.8 Å². The maximum atomic E-state index is 12.6. The molecule has 1 aromatic rings. The Morgan fingerprint density at radius 3 is 2.48 bits per heavy atom. The number of nitrogens with zero attached hydrogens (tertiary/aromatic N) is 1. The van der Waals surface area contributed by atoms with Crippen molar-refractivity contribution in [1.29, 1.82) is 0 Å². The van der Waals surface area contributed by atoms with Crippen molar-refractivity contribution in [3.8, 4) is 0 Å². The SMILES string of the molecule is CCCCN1C(=O)C(SCCO)=C(c2ccccc2)C1=O. The fourth-order valence-corrected chi connectivity index (χ4v) is 3.09. The van der Waals surface area contributed by atoms with Crippen molar-refractivity contribution in [2.24, 2.45) is 0 Å². The second-order valence-corrected chi connectivity index (χ2v) is 5.86. The number of thioether (sulfide) groups is 1. The Labute approximate surface area is 128 Å². The lowest BCUT2D eigenvalue weighted by Crippen LogP contribution is -2.32. The van der Waals surface area contributed by atoms with E-state index in [0.29, 0.717) is 22.8 Å². The number of rotatable bonds is 7. The average Bonchev–Trinajstić information content (AvgIpc) is 2.74. The number of benzene rings is 1. The first-order valence-electron chi connectivity index (χ1n) is 7.10. The highest BCUT2D eigenvalue weighted by atomic mass is 32.2. The first kappa shape index (κ1) is 15.8. The van der Waals surface area contributed by atoms with Crippen molar-refractivity contribution in [2.45, 2.75) is 19.8 Å². The van der Waals surface area contributed by atoms with Crippen LogP contribution in [0.2, 0.25) is 0 Å². The maximum Gasteiger partial charge on any atom is 0.267 e. The number of carbonyl (C=O) groups excluding carboxylic acids is 2. The van der Waals surface area contributed by atoms with Gasteiger partial charge in [0, 0.05) is 12.3 Å². The summed E-state index contributed by atoms with van der Waals surface area (Å²) in [7, 11) is 0. The van der Waals surface area contributed by atoms with Gasteiger partial charge in [-0.1, -0.05) is 43.7 Å². The van der Waals surface area contributed by atoms with Crippen LogP contribution in [0.25, 0.3) is 5.57 Å². The lowest BCUT2D eigenvalue weighted by molar-refractivity contribution is -0.136. The molecule has 21 heavy (non-hydrogen) atoms. The molecule has 1 heterocycles. The van der Waals surface area contributed by atoms with Gasteiger partial charge in [-0.05, 0) is 12.0 Å². The van der Waals surface area contributed by atoms with Crippen molar-refractivity contribution in [1.82, 2.24) is 4.90 Å². The number of imide groups is 1. The van der Waals surface area contributed by atoms with Crippen LogP contribution in [0.4, 0.5) is 0 Å². The molecule has 5 heteroatoms. The summed E-state index contributed by atoms with van der Waals surface area (Å²) in [6, 6.07) is 9.25. The van der Waals surface area contributed by atoms with Gasteiger partial charge in [0.2, 0.25) is 0 Å². The van der Waals surface area contributed by atoms with Crippen molar-refractivity contribution in [3.05, 3.63) is 40.8 Å². The summed E-state index contributed by atoms with van der Waals surface area (Å²) in [5.41, 5.74) is 1.23. The van der Waals surface area contributed by atoms with Gasteiger partial charge in [-0.2, -0.15) is 0 Å². The summed E-state index contributed by atoms with van der Waals surface area (Å²) in [5, 5.41) is 8.99. The lowest BCUT2D eigenvalue weighted by Gasteiger charge is -2.14. The fraction of sp³-hybridized carbons (Fsp3) is 0.375. The summed E-state index contributed by atoms with van der Waals surface area (Å²) in [6.45, 7) is 2.46. The van der Waals surface area contributed by atoms with E-state index in [1.54, 1.807) is 0 Å². The quantitative estimate of drug-likeness (QED) is 0.785. The molecule has 1 N–H and O–H groups in total. The number of hydrogen-bond acceptors (Lipinski definition) is 4. The molecule has 2 amide bonds. The molecule has 0 saturated carbocycles. The van der Waals surface area contributed by atoms with Crippen LogP contribution in [0, 0.1) is 0 Å². The third kappa shape index (κ3) is 3.36. The Morgan fingerprint density at radius 2 is 1.86 bits per heavy atom. The minimum atomic E-state index is -0.231. The van der Waals surface area contributed by atoms with Crippen molar-refractivity contribution in [2.75, 3.05) is 18.9 Å². The number of hydrogen-bond donors (Lipinski definition) is 1. The van der Waals surface area contributed by atoms with Crippen LogP contribution in [-0.4, -0.2) is 40.7 Å². The fourth-order valence-electron chi connectivity index (χ4n) is 2.21. The van der Waals surface area contributed by atoms with Crippen LogP contribution in [-0.2, 0) is 9.59 Å². The molecule has 0 radical (unpaired) electrons. The molecule has 2 rings (SSSR count). The zero-order valence-electron chi connectivity index (χ0n) is 12.0. The molecule has 0 fully saturated rings. The topological polar surface area (TPSA) is 57.6 Å². The second-order valence-electron chi connectivity index (χ2n) is 4.76. The Balaban J connectivity index is 2.36. The van der Waals surface area contributed by atoms with E-state index in [0.717, 1.165) is 18.4 Å². The highest BCUT2D eigenvalue weighted by Gasteiger charge is 2.38. The predicted molar refractivity (Wildman–Crippen MR) is 84.5 cm³/mol. The lowest BCUT2D eigenvalue weighted by atomic mass is 10.1. The zero-order valence-corrected chi connectivity index (χ0v) is 12.9. The summed E-state index contributed by atoms with van der Waals surface area (Å²) in [4.78, 5) is 26.8. The van der Waals surface area contributed by atoms with Gasteiger partial charge >= 0.3 is 0 Å². The van der Waals surface area contributed by atoms with Gasteiger partial charge in [-0.15, -0.1) is 11.8 Å². The number of unbranched alkanes of at least 4 members (excludes halogenated alkanes) is 1. The van der Waals surface area contributed by atoms with Crippen molar-refractivity contribution >= 4 is 29.1 Å². The monoisotopic (exact) mass is 305 g/mol. The smallest absolute Gasteiger partial charge is 0.267 e. The number of amides is 2. The molecule has 4 nitrogen and oxygen atoms in total. The van der Waals surface area contributed by atoms with Crippen LogP contribution in [0.5, 0.6) is 0 Å². The Kier molecular flexibility index (Phi) is 5.59. The van der Waals surface area contributed by atoms with E-state index in [4.69, 9.17) is 5.11 Å². The highest BCUT2D eigenvalue weighted by molar-refractivity contribution is 8.04. The molecular weight excluding hydrogens is 286 g/mol. The van der Waals surface area contributed by atoms with Crippen LogP contribution in [0.3, 0.4) is 0 Å². The zero-order chi connectivity index (χ0) is 15.2. The molecule has 0 saturated heterocycles. The van der Waals surface area contributed by atoms with E-state index in [1.807, 2.05) is 37.3 Å². The van der Waals surface area contributed by atoms with E-state index in [9.17, 15) is 9.59 Å². The van der Waals surface area contributed by atoms with Crippen molar-refractivity contribution in [3.63, 3.8) is 0 Å². The molecule has 0 aromatic heterocycles. The molecule has 1 aliphatic heterocycles. The average molecular weight is 305 g/mol. The second kappa shape index (κ2) is 7.43. The Morgan fingerprint density at radius 1 is 1.14 bits per heavy atom. The normalized spacial score (nSPS) is 15.2. The Bertz CT molecular complexity index is 554. The van der Waals surface area contributed by atoms with Crippen LogP contribution >= 0.6 is 11.8 Å². The highest BCUT2D eigenvalue weighted by Crippen LogP contribution is 2.35. The molecule has 0 aliphatic carbocycles. The molecule has 0 spiro atoms. The minimum absolute atomic E-state index is 0.0212. The molecule has 112 valence electrons. The third-order valence-corrected chi connectivity index (χ3v) is 4.32. The first-order valence-corrected chi connectivity index (χ1v) is 8.08. The molecule has 0 atom stereocenters. The van der Waals surface area contributed by atoms with Gasteiger partial charge in [0.1, 0.15) is 0 Å². The minimum Gasteiger partial charge on any atom is -0.396 e. The summed E-state index contributed by atoms with van der Waals surface area (Å²) in [6.07, 6.45) is 1.73. The van der Waals surface area contributed by atoms with Crippen LogP contribution in [0.15, 0.2) is 35.2 Å². The van der Waals surface area contributed by atoms with E-state index >= 15 is 0 Å². The van der Waals surface area contributed by atoms with Gasteiger partial charge in [0.05, 0.1) is 17.1 Å². The molecule has 1 aliphatic rings. The number of aliphatic hydroxyl groups is 1. The maximum absolute atomic E-state index is 12.6. The van der Waals surface area contributed by atoms with E-state index < -0.39 is 0 Å². The summed E-state index contributed by atoms with van der Waals surface area (Å²) >= 11 is 1.25. The van der Waals surface area contributed by atoms with Crippen LogP contribution in [0.1, 0.15) is 25.3 Å². The first-order chi connectivity index (χ1) is 10.2. The molecular formula is C16H19NO3S. The van der Waals surface area contributed by atoms with E-state index in [2.05, 4.69) is 0 Å². The molecule has 0 bridgehead atoms.